The molecule has 0 atom stereocenters. The van der Waals surface area contributed by atoms with E-state index in [0.717, 1.165) is 12.8 Å². The molecule has 0 unspecified atom stereocenters. The Hall–Kier alpha value is -2.57. The summed E-state index contributed by atoms with van der Waals surface area (Å²) in [6, 6.07) is 7.42. The van der Waals surface area contributed by atoms with Gasteiger partial charge in [-0.15, -0.1) is 0 Å². The molecule has 1 aliphatic heterocycles. The van der Waals surface area contributed by atoms with Gasteiger partial charge in [0.25, 0.3) is 0 Å². The molecule has 152 valence electrons. The molecule has 0 radical (unpaired) electrons. The highest BCUT2D eigenvalue weighted by atomic mass is 16.2. The molecule has 1 saturated carbocycles. The van der Waals surface area contributed by atoms with Gasteiger partial charge in [-0.1, -0.05) is 25.3 Å². The SMILES string of the molecule is CC(=O)Nc1cccc(NC(=O)C2CCN(C(=O)NC3CCCCC3)CC2)c1. The van der Waals surface area contributed by atoms with Crippen LogP contribution in [0.1, 0.15) is 51.9 Å². The Bertz CT molecular complexity index is 707. The van der Waals surface area contributed by atoms with Gasteiger partial charge in [0.15, 0.2) is 0 Å². The molecule has 2 fully saturated rings. The molecular formula is C21H30N4O3. The van der Waals surface area contributed by atoms with Crippen LogP contribution < -0.4 is 16.0 Å². The van der Waals surface area contributed by atoms with Gasteiger partial charge in [-0.25, -0.2) is 4.79 Å². The van der Waals surface area contributed by atoms with Crippen molar-refractivity contribution >= 4 is 29.2 Å². The van der Waals surface area contributed by atoms with Crippen molar-refractivity contribution in [2.24, 2.45) is 5.92 Å². The number of piperidine rings is 1. The van der Waals surface area contributed by atoms with Gasteiger partial charge in [0, 0.05) is 43.3 Å². The van der Waals surface area contributed by atoms with Crippen molar-refractivity contribution in [2.45, 2.75) is 57.9 Å². The highest BCUT2D eigenvalue weighted by Crippen LogP contribution is 2.22. The summed E-state index contributed by atoms with van der Waals surface area (Å²) in [6.45, 7) is 2.65. The smallest absolute Gasteiger partial charge is 0.317 e. The minimum Gasteiger partial charge on any atom is -0.335 e. The summed E-state index contributed by atoms with van der Waals surface area (Å²) < 4.78 is 0. The summed E-state index contributed by atoms with van der Waals surface area (Å²) in [6.07, 6.45) is 7.11. The van der Waals surface area contributed by atoms with Crippen LogP contribution in [0.3, 0.4) is 0 Å². The Balaban J connectivity index is 1.45. The van der Waals surface area contributed by atoms with Crippen molar-refractivity contribution in [3.05, 3.63) is 24.3 Å². The molecule has 3 N–H and O–H groups in total. The van der Waals surface area contributed by atoms with E-state index in [1.807, 2.05) is 4.90 Å². The fourth-order valence-corrected chi connectivity index (χ4v) is 3.98. The molecule has 1 heterocycles. The molecule has 7 heteroatoms. The lowest BCUT2D eigenvalue weighted by Gasteiger charge is -2.33. The third-order valence-electron chi connectivity index (χ3n) is 5.54. The molecule has 0 bridgehead atoms. The van der Waals surface area contributed by atoms with E-state index in [0.29, 0.717) is 43.3 Å². The van der Waals surface area contributed by atoms with Crippen LogP contribution in [0.2, 0.25) is 0 Å². The lowest BCUT2D eigenvalue weighted by atomic mass is 9.95. The third kappa shape index (κ3) is 5.71. The van der Waals surface area contributed by atoms with Crippen molar-refractivity contribution < 1.29 is 14.4 Å². The quantitative estimate of drug-likeness (QED) is 0.741. The average molecular weight is 386 g/mol. The van der Waals surface area contributed by atoms with Crippen LogP contribution in [-0.2, 0) is 9.59 Å². The molecular weight excluding hydrogens is 356 g/mol. The summed E-state index contributed by atoms with van der Waals surface area (Å²) in [7, 11) is 0. The first-order valence-corrected chi connectivity index (χ1v) is 10.3. The Morgan fingerprint density at radius 2 is 1.57 bits per heavy atom. The number of benzene rings is 1. The minimum atomic E-state index is -0.151. The Kier molecular flexibility index (Phi) is 6.90. The van der Waals surface area contributed by atoms with E-state index < -0.39 is 0 Å². The standard InChI is InChI=1S/C21H30N4O3/c1-15(26)22-18-8-5-9-19(14-18)23-20(27)16-10-12-25(13-11-16)21(28)24-17-6-3-2-4-7-17/h5,8-9,14,16-17H,2-4,6-7,10-13H2,1H3,(H,22,26)(H,23,27)(H,24,28). The van der Waals surface area contributed by atoms with Crippen LogP contribution in [0.4, 0.5) is 16.2 Å². The molecule has 28 heavy (non-hydrogen) atoms. The molecule has 1 saturated heterocycles. The summed E-state index contributed by atoms with van der Waals surface area (Å²) >= 11 is 0. The molecule has 0 spiro atoms. The monoisotopic (exact) mass is 386 g/mol. The topological polar surface area (TPSA) is 90.5 Å². The van der Waals surface area contributed by atoms with Gasteiger partial charge in [-0.3, -0.25) is 9.59 Å². The summed E-state index contributed by atoms with van der Waals surface area (Å²) in [5, 5.41) is 8.78. The van der Waals surface area contributed by atoms with E-state index in [9.17, 15) is 14.4 Å². The second-order valence-electron chi connectivity index (χ2n) is 7.80. The average Bonchev–Trinajstić information content (AvgIpc) is 2.68. The van der Waals surface area contributed by atoms with Crippen molar-refractivity contribution in [2.75, 3.05) is 23.7 Å². The molecule has 4 amide bonds. The summed E-state index contributed by atoms with van der Waals surface area (Å²) in [5.74, 6) is -0.294. The van der Waals surface area contributed by atoms with E-state index in [1.165, 1.54) is 26.2 Å². The van der Waals surface area contributed by atoms with Gasteiger partial charge in [0.1, 0.15) is 0 Å². The van der Waals surface area contributed by atoms with Crippen LogP contribution in [0.15, 0.2) is 24.3 Å². The number of urea groups is 1. The minimum absolute atomic E-state index is 0.00812. The van der Waals surface area contributed by atoms with Gasteiger partial charge in [0.05, 0.1) is 0 Å². The largest absolute Gasteiger partial charge is 0.335 e. The number of carbonyl (C=O) groups excluding carboxylic acids is 3. The van der Waals surface area contributed by atoms with Crippen LogP contribution in [0.25, 0.3) is 0 Å². The first kappa shape index (κ1) is 20.2. The summed E-state index contributed by atoms with van der Waals surface area (Å²) in [4.78, 5) is 38.0. The molecule has 3 rings (SSSR count). The van der Waals surface area contributed by atoms with Crippen LogP contribution >= 0.6 is 0 Å². The van der Waals surface area contributed by atoms with Crippen molar-refractivity contribution in [3.8, 4) is 0 Å². The molecule has 1 aromatic carbocycles. The van der Waals surface area contributed by atoms with E-state index >= 15 is 0 Å². The van der Waals surface area contributed by atoms with Gasteiger partial charge in [0.2, 0.25) is 11.8 Å². The van der Waals surface area contributed by atoms with Gasteiger partial charge in [-0.05, 0) is 43.9 Å². The normalized spacial score (nSPS) is 18.4. The first-order chi connectivity index (χ1) is 13.5. The number of hydrogen-bond donors (Lipinski definition) is 3. The van der Waals surface area contributed by atoms with Gasteiger partial charge >= 0.3 is 6.03 Å². The van der Waals surface area contributed by atoms with Gasteiger partial charge in [-0.2, -0.15) is 0 Å². The number of hydrogen-bond acceptors (Lipinski definition) is 3. The zero-order chi connectivity index (χ0) is 19.9. The van der Waals surface area contributed by atoms with Crippen molar-refractivity contribution in [1.82, 2.24) is 10.2 Å². The molecule has 1 aliphatic carbocycles. The van der Waals surface area contributed by atoms with Crippen LogP contribution in [-0.4, -0.2) is 41.9 Å². The maximum absolute atomic E-state index is 12.6. The maximum Gasteiger partial charge on any atom is 0.317 e. The molecule has 1 aromatic rings. The zero-order valence-electron chi connectivity index (χ0n) is 16.5. The van der Waals surface area contributed by atoms with Crippen LogP contribution in [0.5, 0.6) is 0 Å². The van der Waals surface area contributed by atoms with Crippen LogP contribution in [0, 0.1) is 5.92 Å². The number of nitrogens with one attached hydrogen (secondary N) is 3. The molecule has 7 nitrogen and oxygen atoms in total. The van der Waals surface area contributed by atoms with Gasteiger partial charge < -0.3 is 20.9 Å². The highest BCUT2D eigenvalue weighted by molar-refractivity contribution is 5.94. The lowest BCUT2D eigenvalue weighted by molar-refractivity contribution is -0.121. The number of likely N-dealkylation sites (tertiary alicyclic amines) is 1. The van der Waals surface area contributed by atoms with Crippen molar-refractivity contribution in [1.29, 1.82) is 0 Å². The predicted octanol–water partition coefficient (Wildman–Crippen LogP) is 3.34. The fraction of sp³-hybridized carbons (Fsp3) is 0.571. The van der Waals surface area contributed by atoms with Crippen molar-refractivity contribution in [3.63, 3.8) is 0 Å². The predicted molar refractivity (Wildman–Crippen MR) is 109 cm³/mol. The Labute approximate surface area is 166 Å². The number of carbonyl (C=O) groups is 3. The Morgan fingerprint density at radius 1 is 0.929 bits per heavy atom. The molecule has 0 aromatic heterocycles. The number of nitrogens with zero attached hydrogens (tertiary/aromatic N) is 1. The van der Waals surface area contributed by atoms with E-state index in [4.69, 9.17) is 0 Å². The maximum atomic E-state index is 12.6. The molecule has 2 aliphatic rings. The lowest BCUT2D eigenvalue weighted by Crippen LogP contribution is -2.49. The fourth-order valence-electron chi connectivity index (χ4n) is 3.98. The zero-order valence-corrected chi connectivity index (χ0v) is 16.5. The second kappa shape index (κ2) is 9.57. The van der Waals surface area contributed by atoms with E-state index in [1.54, 1.807) is 24.3 Å². The summed E-state index contributed by atoms with van der Waals surface area (Å²) in [5.41, 5.74) is 1.31. The highest BCUT2D eigenvalue weighted by Gasteiger charge is 2.28. The van der Waals surface area contributed by atoms with E-state index in [2.05, 4.69) is 16.0 Å². The number of rotatable bonds is 4. The second-order valence-corrected chi connectivity index (χ2v) is 7.80. The number of amides is 4. The first-order valence-electron chi connectivity index (χ1n) is 10.3. The van der Waals surface area contributed by atoms with E-state index in [-0.39, 0.29) is 23.8 Å². The Morgan fingerprint density at radius 3 is 2.21 bits per heavy atom. The third-order valence-corrected chi connectivity index (χ3v) is 5.54. The number of anilines is 2.